The van der Waals surface area contributed by atoms with Gasteiger partial charge in [-0.1, -0.05) is 102 Å². The molecule has 7 nitrogen and oxygen atoms in total. The second kappa shape index (κ2) is 14.8. The first-order chi connectivity index (χ1) is 21.0. The fourth-order valence-corrected chi connectivity index (χ4v) is 6.76. The molecule has 0 aliphatic heterocycles. The van der Waals surface area contributed by atoms with Gasteiger partial charge in [0.2, 0.25) is 11.8 Å². The van der Waals surface area contributed by atoms with Crippen LogP contribution < -0.4 is 9.62 Å². The van der Waals surface area contributed by atoms with E-state index in [-0.39, 0.29) is 40.5 Å². The van der Waals surface area contributed by atoms with Crippen molar-refractivity contribution in [3.05, 3.63) is 130 Å². The van der Waals surface area contributed by atoms with E-state index < -0.39 is 28.5 Å². The van der Waals surface area contributed by atoms with Crippen molar-refractivity contribution < 1.29 is 18.0 Å². The number of amides is 2. The number of aryl methyl sites for hydroxylation is 1. The van der Waals surface area contributed by atoms with Crippen LogP contribution >= 0.6 is 23.2 Å². The number of nitrogens with one attached hydrogen (secondary N) is 1. The van der Waals surface area contributed by atoms with Gasteiger partial charge in [0.05, 0.1) is 15.6 Å². The average Bonchev–Trinajstić information content (AvgIpc) is 2.99. The van der Waals surface area contributed by atoms with Crippen LogP contribution in [0.3, 0.4) is 0 Å². The van der Waals surface area contributed by atoms with E-state index in [0.29, 0.717) is 5.02 Å². The van der Waals surface area contributed by atoms with Gasteiger partial charge in [-0.25, -0.2) is 8.42 Å². The van der Waals surface area contributed by atoms with Crippen LogP contribution in [0, 0.1) is 6.92 Å². The normalized spacial score (nSPS) is 12.0. The smallest absolute Gasteiger partial charge is 0.264 e. The Morgan fingerprint density at radius 2 is 1.43 bits per heavy atom. The van der Waals surface area contributed by atoms with Crippen LogP contribution in [0.5, 0.6) is 0 Å². The zero-order valence-electron chi connectivity index (χ0n) is 24.8. The summed E-state index contributed by atoms with van der Waals surface area (Å²) < 4.78 is 29.1. The Bertz CT molecular complexity index is 1680. The minimum absolute atomic E-state index is 0.0118. The molecule has 0 bridgehead atoms. The van der Waals surface area contributed by atoms with Crippen LogP contribution in [0.4, 0.5) is 5.69 Å². The number of halogens is 2. The van der Waals surface area contributed by atoms with Crippen LogP contribution in [-0.2, 0) is 32.6 Å². The summed E-state index contributed by atoms with van der Waals surface area (Å²) in [6, 6.07) is 28.2. The Morgan fingerprint density at radius 3 is 2.02 bits per heavy atom. The Labute approximate surface area is 269 Å². The highest BCUT2D eigenvalue weighted by Gasteiger charge is 2.35. The molecule has 2 amide bonds. The Hall–Kier alpha value is -3.85. The van der Waals surface area contributed by atoms with Crippen LogP contribution in [0.25, 0.3) is 0 Å². The molecule has 0 unspecified atom stereocenters. The quantitative estimate of drug-likeness (QED) is 0.186. The lowest BCUT2D eigenvalue weighted by Gasteiger charge is -2.34. The maximum Gasteiger partial charge on any atom is 0.264 e. The highest BCUT2D eigenvalue weighted by molar-refractivity contribution is 7.92. The summed E-state index contributed by atoms with van der Waals surface area (Å²) in [6.07, 6.45) is 0.226. The first-order valence-corrected chi connectivity index (χ1v) is 16.4. The molecule has 0 aliphatic rings. The highest BCUT2D eigenvalue weighted by Crippen LogP contribution is 2.33. The van der Waals surface area contributed by atoms with Crippen molar-refractivity contribution in [1.29, 1.82) is 0 Å². The third-order valence-corrected chi connectivity index (χ3v) is 9.28. The molecule has 4 aromatic carbocycles. The van der Waals surface area contributed by atoms with Crippen molar-refractivity contribution in [3.63, 3.8) is 0 Å². The lowest BCUT2D eigenvalue weighted by molar-refractivity contribution is -0.140. The van der Waals surface area contributed by atoms with Gasteiger partial charge in [-0.15, -0.1) is 0 Å². The SMILES string of the molecule is Cc1ccc(CN(C(=O)CN(c2ccc(Cl)cc2Cl)S(=O)(=O)c2ccccc2)[C@H](Cc2ccccc2)C(=O)NC(C)C)cc1. The van der Waals surface area contributed by atoms with Crippen molar-refractivity contribution in [3.8, 4) is 0 Å². The second-order valence-electron chi connectivity index (χ2n) is 10.8. The summed E-state index contributed by atoms with van der Waals surface area (Å²) in [5.41, 5.74) is 2.78. The fourth-order valence-electron chi connectivity index (χ4n) is 4.74. The minimum atomic E-state index is -4.26. The van der Waals surface area contributed by atoms with Gasteiger partial charge in [0.1, 0.15) is 12.6 Å². The lowest BCUT2D eigenvalue weighted by atomic mass is 10.0. The number of nitrogens with zero attached hydrogens (tertiary/aromatic N) is 2. The monoisotopic (exact) mass is 651 g/mol. The number of carbonyl (C=O) groups is 2. The molecule has 0 spiro atoms. The van der Waals surface area contributed by atoms with Gasteiger partial charge in [-0.05, 0) is 62.2 Å². The van der Waals surface area contributed by atoms with E-state index in [2.05, 4.69) is 5.32 Å². The largest absolute Gasteiger partial charge is 0.352 e. The highest BCUT2D eigenvalue weighted by atomic mass is 35.5. The Morgan fingerprint density at radius 1 is 0.818 bits per heavy atom. The van der Waals surface area contributed by atoms with E-state index in [1.54, 1.807) is 18.2 Å². The summed E-state index contributed by atoms with van der Waals surface area (Å²) in [5, 5.41) is 3.33. The third kappa shape index (κ3) is 8.40. The molecule has 4 rings (SSSR count). The molecule has 1 N–H and O–H groups in total. The van der Waals surface area contributed by atoms with E-state index in [1.165, 1.54) is 35.2 Å². The van der Waals surface area contributed by atoms with E-state index in [1.807, 2.05) is 75.4 Å². The first-order valence-electron chi connectivity index (χ1n) is 14.2. The van der Waals surface area contributed by atoms with Crippen LogP contribution in [0.2, 0.25) is 10.0 Å². The van der Waals surface area contributed by atoms with E-state index in [0.717, 1.165) is 21.0 Å². The summed E-state index contributed by atoms with van der Waals surface area (Å²) >= 11 is 12.7. The lowest BCUT2D eigenvalue weighted by Crippen LogP contribution is -2.54. The molecule has 230 valence electrons. The van der Waals surface area contributed by atoms with Crippen LogP contribution in [0.1, 0.15) is 30.5 Å². The van der Waals surface area contributed by atoms with E-state index in [9.17, 15) is 18.0 Å². The van der Waals surface area contributed by atoms with Gasteiger partial charge in [0, 0.05) is 24.0 Å². The second-order valence-corrected chi connectivity index (χ2v) is 13.5. The fraction of sp³-hybridized carbons (Fsp3) is 0.235. The molecule has 0 aliphatic carbocycles. The third-order valence-electron chi connectivity index (χ3n) is 6.96. The molecular formula is C34H35Cl2N3O4S. The number of rotatable bonds is 12. The number of sulfonamides is 1. The molecular weight excluding hydrogens is 617 g/mol. The molecule has 4 aromatic rings. The maximum atomic E-state index is 14.4. The van der Waals surface area contributed by atoms with Crippen molar-refractivity contribution in [2.45, 2.75) is 50.7 Å². The van der Waals surface area contributed by atoms with Crippen molar-refractivity contribution in [2.75, 3.05) is 10.8 Å². The number of carbonyl (C=O) groups excluding carboxylic acids is 2. The predicted octanol–water partition coefficient (Wildman–Crippen LogP) is 6.66. The number of hydrogen-bond donors (Lipinski definition) is 1. The number of hydrogen-bond acceptors (Lipinski definition) is 4. The predicted molar refractivity (Wildman–Crippen MR) is 176 cm³/mol. The van der Waals surface area contributed by atoms with Crippen molar-refractivity contribution in [2.24, 2.45) is 0 Å². The van der Waals surface area contributed by atoms with Gasteiger partial charge in [-0.2, -0.15) is 0 Å². The number of anilines is 1. The molecule has 0 saturated carbocycles. The zero-order valence-corrected chi connectivity index (χ0v) is 27.1. The van der Waals surface area contributed by atoms with Gasteiger partial charge >= 0.3 is 0 Å². The van der Waals surface area contributed by atoms with Gasteiger partial charge in [-0.3, -0.25) is 13.9 Å². The molecule has 0 aromatic heterocycles. The Balaban J connectivity index is 1.82. The summed E-state index contributed by atoms with van der Waals surface area (Å²) in [6.45, 7) is 5.13. The Kier molecular flexibility index (Phi) is 11.1. The van der Waals surface area contributed by atoms with Gasteiger partial charge in [0.25, 0.3) is 10.0 Å². The minimum Gasteiger partial charge on any atom is -0.352 e. The molecule has 0 saturated heterocycles. The standard InChI is InChI=1S/C34H35Cl2N3O4S/c1-24(2)37-34(41)32(20-26-10-6-4-7-11-26)38(22-27-16-14-25(3)15-17-27)33(40)23-39(31-19-18-28(35)21-30(31)36)44(42,43)29-12-8-5-9-13-29/h4-19,21,24,32H,20,22-23H2,1-3H3,(H,37,41)/t32-/m1/s1. The number of benzene rings is 4. The zero-order chi connectivity index (χ0) is 31.9. The molecule has 44 heavy (non-hydrogen) atoms. The molecule has 10 heteroatoms. The summed E-state index contributed by atoms with van der Waals surface area (Å²) in [4.78, 5) is 29.6. The van der Waals surface area contributed by atoms with E-state index >= 15 is 0 Å². The topological polar surface area (TPSA) is 86.8 Å². The van der Waals surface area contributed by atoms with Gasteiger partial charge < -0.3 is 10.2 Å². The van der Waals surface area contributed by atoms with E-state index in [4.69, 9.17) is 23.2 Å². The molecule has 0 heterocycles. The van der Waals surface area contributed by atoms with Crippen LogP contribution in [0.15, 0.2) is 108 Å². The van der Waals surface area contributed by atoms with Crippen molar-refractivity contribution >= 4 is 50.7 Å². The van der Waals surface area contributed by atoms with Crippen molar-refractivity contribution in [1.82, 2.24) is 10.2 Å². The van der Waals surface area contributed by atoms with Gasteiger partial charge in [0.15, 0.2) is 0 Å². The molecule has 0 fully saturated rings. The molecule has 0 radical (unpaired) electrons. The molecule has 1 atom stereocenters. The summed E-state index contributed by atoms with van der Waals surface area (Å²) in [5.74, 6) is -0.915. The maximum absolute atomic E-state index is 14.4. The first kappa shape index (κ1) is 33.1. The average molecular weight is 653 g/mol. The van der Waals surface area contributed by atoms with Crippen LogP contribution in [-0.4, -0.2) is 43.8 Å². The summed E-state index contributed by atoms with van der Waals surface area (Å²) in [7, 11) is -4.26.